The van der Waals surface area contributed by atoms with Crippen molar-refractivity contribution in [2.24, 2.45) is 0 Å². The number of ether oxygens (including phenoxy) is 1. The molecular formula is C11H19N3O2. The van der Waals surface area contributed by atoms with Gasteiger partial charge in [-0.05, 0) is 19.3 Å². The van der Waals surface area contributed by atoms with Crippen molar-refractivity contribution in [3.63, 3.8) is 0 Å². The van der Waals surface area contributed by atoms with Gasteiger partial charge in [-0.25, -0.2) is 0 Å². The van der Waals surface area contributed by atoms with Gasteiger partial charge in [0.25, 0.3) is 0 Å². The van der Waals surface area contributed by atoms with Crippen molar-refractivity contribution in [1.29, 1.82) is 5.26 Å². The number of methoxy groups -OCH3 is 1. The quantitative estimate of drug-likeness (QED) is 0.632. The number of carbonyl (C=O) groups excluding carboxylic acids is 1. The highest BCUT2D eigenvalue weighted by Crippen LogP contribution is 2.09. The Morgan fingerprint density at radius 2 is 2.44 bits per heavy atom. The summed E-state index contributed by atoms with van der Waals surface area (Å²) in [7, 11) is 1.66. The molecule has 1 amide bonds. The fourth-order valence-electron chi connectivity index (χ4n) is 1.75. The molecule has 1 rings (SSSR count). The van der Waals surface area contributed by atoms with Crippen LogP contribution in [0.25, 0.3) is 0 Å². The standard InChI is InChI=1S/C11H19N3O2/c1-16-9-7-10(14-8-9)11(15)13-6-4-2-3-5-12/h9-10,14H,2-4,6-8H2,1H3,(H,13,15). The zero-order valence-corrected chi connectivity index (χ0v) is 9.66. The first kappa shape index (κ1) is 12.9. The van der Waals surface area contributed by atoms with Crippen molar-refractivity contribution >= 4 is 5.91 Å². The molecule has 5 heteroatoms. The third kappa shape index (κ3) is 4.17. The SMILES string of the molecule is COC1CNC(C(=O)NCCCCC#N)C1. The van der Waals surface area contributed by atoms with E-state index in [0.717, 1.165) is 25.8 Å². The Hall–Kier alpha value is -1.12. The van der Waals surface area contributed by atoms with Crippen LogP contribution in [-0.4, -0.2) is 38.3 Å². The van der Waals surface area contributed by atoms with Gasteiger partial charge in [-0.3, -0.25) is 4.79 Å². The number of nitrogens with one attached hydrogen (secondary N) is 2. The van der Waals surface area contributed by atoms with Crippen molar-refractivity contribution in [2.45, 2.75) is 37.8 Å². The second kappa shape index (κ2) is 7.20. The molecule has 0 aromatic carbocycles. The maximum absolute atomic E-state index is 11.6. The molecule has 2 unspecified atom stereocenters. The molecule has 2 atom stereocenters. The lowest BCUT2D eigenvalue weighted by Gasteiger charge is -2.10. The van der Waals surface area contributed by atoms with Crippen molar-refractivity contribution in [3.8, 4) is 6.07 Å². The molecule has 16 heavy (non-hydrogen) atoms. The second-order valence-electron chi connectivity index (χ2n) is 3.96. The van der Waals surface area contributed by atoms with Crippen LogP contribution in [0.1, 0.15) is 25.7 Å². The van der Waals surface area contributed by atoms with Gasteiger partial charge in [0.05, 0.1) is 18.2 Å². The summed E-state index contributed by atoms with van der Waals surface area (Å²) in [6.45, 7) is 1.39. The summed E-state index contributed by atoms with van der Waals surface area (Å²) >= 11 is 0. The van der Waals surface area contributed by atoms with E-state index in [0.29, 0.717) is 13.0 Å². The minimum Gasteiger partial charge on any atom is -0.380 e. The minimum absolute atomic E-state index is 0.0384. The molecule has 5 nitrogen and oxygen atoms in total. The van der Waals surface area contributed by atoms with E-state index in [2.05, 4.69) is 16.7 Å². The van der Waals surface area contributed by atoms with E-state index >= 15 is 0 Å². The number of amides is 1. The number of hydrogen-bond acceptors (Lipinski definition) is 4. The summed E-state index contributed by atoms with van der Waals surface area (Å²) in [4.78, 5) is 11.6. The lowest BCUT2D eigenvalue weighted by atomic mass is 10.2. The fraction of sp³-hybridized carbons (Fsp3) is 0.818. The zero-order valence-electron chi connectivity index (χ0n) is 9.66. The van der Waals surface area contributed by atoms with Gasteiger partial charge in [0.1, 0.15) is 0 Å². The van der Waals surface area contributed by atoms with Crippen molar-refractivity contribution in [2.75, 3.05) is 20.2 Å². The molecule has 2 N–H and O–H groups in total. The Balaban J connectivity index is 2.09. The molecule has 1 heterocycles. The minimum atomic E-state index is -0.124. The number of nitrogens with zero attached hydrogens (tertiary/aromatic N) is 1. The summed E-state index contributed by atoms with van der Waals surface area (Å²) in [6, 6.07) is 1.96. The second-order valence-corrected chi connectivity index (χ2v) is 3.96. The van der Waals surface area contributed by atoms with Crippen LogP contribution in [0.5, 0.6) is 0 Å². The lowest BCUT2D eigenvalue weighted by molar-refractivity contribution is -0.122. The molecule has 1 aliphatic rings. The van der Waals surface area contributed by atoms with Crippen LogP contribution < -0.4 is 10.6 Å². The fourth-order valence-corrected chi connectivity index (χ4v) is 1.75. The maximum atomic E-state index is 11.6. The Labute approximate surface area is 96.2 Å². The molecule has 1 saturated heterocycles. The molecule has 0 aliphatic carbocycles. The van der Waals surface area contributed by atoms with Gasteiger partial charge in [0, 0.05) is 26.6 Å². The first-order valence-corrected chi connectivity index (χ1v) is 5.68. The first-order chi connectivity index (χ1) is 7.77. The third-order valence-electron chi connectivity index (χ3n) is 2.75. The highest BCUT2D eigenvalue weighted by Gasteiger charge is 2.28. The first-order valence-electron chi connectivity index (χ1n) is 5.68. The van der Waals surface area contributed by atoms with E-state index in [1.807, 2.05) is 0 Å². The van der Waals surface area contributed by atoms with Crippen LogP contribution >= 0.6 is 0 Å². The van der Waals surface area contributed by atoms with Gasteiger partial charge in [-0.15, -0.1) is 0 Å². The van der Waals surface area contributed by atoms with E-state index in [4.69, 9.17) is 10.00 Å². The predicted octanol–water partition coefficient (Wildman–Crippen LogP) is 0.173. The molecular weight excluding hydrogens is 206 g/mol. The monoisotopic (exact) mass is 225 g/mol. The van der Waals surface area contributed by atoms with Crippen LogP contribution in [0.3, 0.4) is 0 Å². The maximum Gasteiger partial charge on any atom is 0.237 e. The van der Waals surface area contributed by atoms with Crippen molar-refractivity contribution < 1.29 is 9.53 Å². The summed E-state index contributed by atoms with van der Waals surface area (Å²) in [5.74, 6) is 0.0384. The van der Waals surface area contributed by atoms with Crippen LogP contribution in [0.4, 0.5) is 0 Å². The van der Waals surface area contributed by atoms with Crippen LogP contribution in [-0.2, 0) is 9.53 Å². The molecule has 0 spiro atoms. The average molecular weight is 225 g/mol. The number of unbranched alkanes of at least 4 members (excludes halogenated alkanes) is 2. The Bertz CT molecular complexity index is 262. The number of nitriles is 1. The van der Waals surface area contributed by atoms with Gasteiger partial charge < -0.3 is 15.4 Å². The van der Waals surface area contributed by atoms with Gasteiger partial charge >= 0.3 is 0 Å². The van der Waals surface area contributed by atoms with Crippen molar-refractivity contribution in [3.05, 3.63) is 0 Å². The number of hydrogen-bond donors (Lipinski definition) is 2. The summed E-state index contributed by atoms with van der Waals surface area (Å²) < 4.78 is 5.17. The van der Waals surface area contributed by atoms with Gasteiger partial charge in [-0.2, -0.15) is 5.26 Å². The van der Waals surface area contributed by atoms with E-state index < -0.39 is 0 Å². The molecule has 0 bridgehead atoms. The van der Waals surface area contributed by atoms with E-state index in [-0.39, 0.29) is 18.1 Å². The highest BCUT2D eigenvalue weighted by molar-refractivity contribution is 5.82. The van der Waals surface area contributed by atoms with E-state index in [9.17, 15) is 4.79 Å². The molecule has 1 fully saturated rings. The lowest BCUT2D eigenvalue weighted by Crippen LogP contribution is -2.40. The summed E-state index contributed by atoms with van der Waals surface area (Å²) in [5.41, 5.74) is 0. The molecule has 90 valence electrons. The van der Waals surface area contributed by atoms with Gasteiger partial charge in [0.2, 0.25) is 5.91 Å². The molecule has 1 aliphatic heterocycles. The summed E-state index contributed by atoms with van der Waals surface area (Å²) in [6.07, 6.45) is 3.15. The Morgan fingerprint density at radius 1 is 1.62 bits per heavy atom. The average Bonchev–Trinajstić information content (AvgIpc) is 2.77. The largest absolute Gasteiger partial charge is 0.380 e. The van der Waals surface area contributed by atoms with E-state index in [1.165, 1.54) is 0 Å². The smallest absolute Gasteiger partial charge is 0.237 e. The molecule has 0 aromatic rings. The zero-order chi connectivity index (χ0) is 11.8. The van der Waals surface area contributed by atoms with Crippen molar-refractivity contribution in [1.82, 2.24) is 10.6 Å². The molecule has 0 aromatic heterocycles. The normalized spacial score (nSPS) is 24.0. The number of carbonyl (C=O) groups is 1. The topological polar surface area (TPSA) is 74.2 Å². The molecule has 0 radical (unpaired) electrons. The Morgan fingerprint density at radius 3 is 3.06 bits per heavy atom. The highest BCUT2D eigenvalue weighted by atomic mass is 16.5. The summed E-state index contributed by atoms with van der Waals surface area (Å²) in [5, 5.41) is 14.3. The Kier molecular flexibility index (Phi) is 5.83. The van der Waals surface area contributed by atoms with Gasteiger partial charge in [-0.1, -0.05) is 0 Å². The third-order valence-corrected chi connectivity index (χ3v) is 2.75. The molecule has 0 saturated carbocycles. The van der Waals surface area contributed by atoms with Crippen LogP contribution in [0.2, 0.25) is 0 Å². The van der Waals surface area contributed by atoms with Crippen LogP contribution in [0, 0.1) is 11.3 Å². The van der Waals surface area contributed by atoms with Crippen LogP contribution in [0.15, 0.2) is 0 Å². The van der Waals surface area contributed by atoms with Gasteiger partial charge in [0.15, 0.2) is 0 Å². The predicted molar refractivity (Wildman–Crippen MR) is 59.7 cm³/mol. The van der Waals surface area contributed by atoms with E-state index in [1.54, 1.807) is 7.11 Å². The number of rotatable bonds is 6.